The van der Waals surface area contributed by atoms with Crippen LogP contribution in [0.3, 0.4) is 0 Å². The van der Waals surface area contributed by atoms with Crippen LogP contribution in [0, 0.1) is 0 Å². The fraction of sp³-hybridized carbons (Fsp3) is 0.271. The van der Waals surface area contributed by atoms with Crippen LogP contribution in [0.25, 0.3) is 22.5 Å². The molecule has 0 spiro atoms. The summed E-state index contributed by atoms with van der Waals surface area (Å²) in [6.45, 7) is 8.69. The molecule has 0 aliphatic rings. The van der Waals surface area contributed by atoms with Crippen molar-refractivity contribution in [2.45, 2.75) is 84.1 Å². The Bertz CT molecular complexity index is 2290. The number of hydrogen-bond acceptors (Lipinski definition) is 7. The molecule has 2 heterocycles. The number of aryl methyl sites for hydroxylation is 1. The molecular weight excluding hydrogens is 709 g/mol. The van der Waals surface area contributed by atoms with E-state index in [0.29, 0.717) is 30.9 Å². The van der Waals surface area contributed by atoms with E-state index in [1.165, 1.54) is 0 Å². The van der Waals surface area contributed by atoms with Crippen molar-refractivity contribution in [2.75, 3.05) is 0 Å². The highest BCUT2D eigenvalue weighted by atomic mass is 16.5. The van der Waals surface area contributed by atoms with E-state index in [4.69, 9.17) is 20.0 Å². The van der Waals surface area contributed by atoms with Gasteiger partial charge in [-0.15, -0.1) is 5.10 Å². The number of hydrogen-bond donors (Lipinski definition) is 1. The molecular formula is C48H50N6O3. The van der Waals surface area contributed by atoms with E-state index in [-0.39, 0.29) is 12.3 Å². The van der Waals surface area contributed by atoms with Crippen molar-refractivity contribution in [3.8, 4) is 22.5 Å². The maximum Gasteiger partial charge on any atom is 0.359 e. The van der Waals surface area contributed by atoms with E-state index in [0.717, 1.165) is 64.0 Å². The molecule has 7 rings (SSSR count). The van der Waals surface area contributed by atoms with Crippen molar-refractivity contribution in [3.05, 3.63) is 179 Å². The quantitative estimate of drug-likeness (QED) is 0.0772. The lowest BCUT2D eigenvalue weighted by Gasteiger charge is -2.36. The van der Waals surface area contributed by atoms with Crippen molar-refractivity contribution in [1.29, 1.82) is 0 Å². The van der Waals surface area contributed by atoms with E-state index in [9.17, 15) is 9.90 Å². The minimum absolute atomic E-state index is 0.0617. The Hall–Kier alpha value is -6.19. The summed E-state index contributed by atoms with van der Waals surface area (Å²) in [5.74, 6) is 0.888. The monoisotopic (exact) mass is 758 g/mol. The maximum atomic E-state index is 13.7. The summed E-state index contributed by atoms with van der Waals surface area (Å²) < 4.78 is 9.86. The Kier molecular flexibility index (Phi) is 11.9. The maximum absolute atomic E-state index is 13.7. The first-order valence-corrected chi connectivity index (χ1v) is 20.0. The van der Waals surface area contributed by atoms with Crippen LogP contribution < -0.4 is 0 Å². The number of carbonyl (C=O) groups is 1. The third-order valence-electron chi connectivity index (χ3n) is 11.1. The minimum atomic E-state index is -1.18. The predicted octanol–water partition coefficient (Wildman–Crippen LogP) is 9.77. The summed E-state index contributed by atoms with van der Waals surface area (Å²) in [6.07, 6.45) is 3.60. The average Bonchev–Trinajstić information content (AvgIpc) is 3.92. The predicted molar refractivity (Wildman–Crippen MR) is 223 cm³/mol. The largest absolute Gasteiger partial charge is 0.456 e. The van der Waals surface area contributed by atoms with Crippen molar-refractivity contribution in [3.63, 3.8) is 0 Å². The first-order valence-electron chi connectivity index (χ1n) is 20.0. The number of imidazole rings is 1. The van der Waals surface area contributed by atoms with E-state index >= 15 is 0 Å². The number of aliphatic hydroxyl groups is 1. The molecule has 9 heteroatoms. The number of ether oxygens (including phenoxy) is 1. The lowest BCUT2D eigenvalue weighted by molar-refractivity contribution is 0.0164. The van der Waals surface area contributed by atoms with Gasteiger partial charge in [-0.1, -0.05) is 167 Å². The molecule has 0 fully saturated rings. The van der Waals surface area contributed by atoms with Crippen molar-refractivity contribution >= 4 is 5.97 Å². The Labute approximate surface area is 335 Å². The topological polar surface area (TPSA) is 108 Å². The van der Waals surface area contributed by atoms with E-state index in [2.05, 4.69) is 60.7 Å². The number of nitrogens with zero attached hydrogens (tertiary/aromatic N) is 6. The third kappa shape index (κ3) is 7.43. The van der Waals surface area contributed by atoms with Crippen LogP contribution >= 0.6 is 0 Å². The van der Waals surface area contributed by atoms with Crippen LogP contribution in [-0.2, 0) is 35.4 Å². The lowest BCUT2D eigenvalue weighted by atomic mass is 9.77. The van der Waals surface area contributed by atoms with E-state index < -0.39 is 17.1 Å². The second-order valence-electron chi connectivity index (χ2n) is 14.4. The van der Waals surface area contributed by atoms with Crippen molar-refractivity contribution in [1.82, 2.24) is 29.8 Å². The fourth-order valence-corrected chi connectivity index (χ4v) is 7.98. The molecule has 0 radical (unpaired) electrons. The average molecular weight is 759 g/mol. The molecule has 0 amide bonds. The summed E-state index contributed by atoms with van der Waals surface area (Å²) >= 11 is 0. The molecule has 0 saturated carbocycles. The molecule has 0 unspecified atom stereocenters. The number of aromatic nitrogens is 6. The number of tetrazole rings is 1. The highest BCUT2D eigenvalue weighted by Crippen LogP contribution is 2.43. The van der Waals surface area contributed by atoms with Gasteiger partial charge < -0.3 is 14.4 Å². The van der Waals surface area contributed by atoms with Gasteiger partial charge in [-0.25, -0.2) is 14.5 Å². The lowest BCUT2D eigenvalue weighted by Crippen LogP contribution is -2.39. The van der Waals surface area contributed by atoms with Crippen LogP contribution in [0.2, 0.25) is 0 Å². The van der Waals surface area contributed by atoms with Gasteiger partial charge in [0.15, 0.2) is 11.5 Å². The van der Waals surface area contributed by atoms with Gasteiger partial charge in [-0.2, -0.15) is 0 Å². The highest BCUT2D eigenvalue weighted by Gasteiger charge is 2.42. The molecule has 0 aliphatic heterocycles. The molecule has 0 saturated heterocycles. The van der Waals surface area contributed by atoms with E-state index in [1.54, 1.807) is 0 Å². The summed E-state index contributed by atoms with van der Waals surface area (Å²) in [5, 5.41) is 25.4. The molecule has 290 valence electrons. The molecule has 5 aromatic carbocycles. The standard InChI is InChI=1S/C48H50N6O3/c1-5-9-29-42-49-43(44(53(42)8-4)47(56,6-2)7-3)46(55)57-34-35-30-32-36(33-31-35)40-27-19-20-28-41(40)45-50-51-52-54(45)48(37-21-13-10-14-22-37,38-23-15-11-16-24-38)39-25-17-12-18-26-39/h10-28,30-33,56H,5-9,29,34H2,1-4H3. The van der Waals surface area contributed by atoms with Gasteiger partial charge in [-0.05, 0) is 70.0 Å². The smallest absolute Gasteiger partial charge is 0.359 e. The van der Waals surface area contributed by atoms with Gasteiger partial charge in [0, 0.05) is 18.5 Å². The van der Waals surface area contributed by atoms with Gasteiger partial charge >= 0.3 is 5.97 Å². The van der Waals surface area contributed by atoms with Gasteiger partial charge in [0.05, 0.1) is 5.69 Å². The SMILES string of the molecule is CCCCc1nc(C(=O)OCc2ccc(-c3ccccc3-c3nnnn3C(c3ccccc3)(c3ccccc3)c3ccccc3)cc2)c(C(O)(CC)CC)n1CC. The van der Waals surface area contributed by atoms with Crippen LogP contribution in [0.15, 0.2) is 140 Å². The normalized spacial score (nSPS) is 11.8. The first-order chi connectivity index (χ1) is 27.9. The Morgan fingerprint density at radius 2 is 1.25 bits per heavy atom. The minimum Gasteiger partial charge on any atom is -0.456 e. The molecule has 0 aliphatic carbocycles. The number of carbonyl (C=O) groups excluding carboxylic acids is 1. The highest BCUT2D eigenvalue weighted by molar-refractivity contribution is 5.89. The fourth-order valence-electron chi connectivity index (χ4n) is 7.98. The molecule has 0 bridgehead atoms. The molecule has 2 aromatic heterocycles. The zero-order chi connectivity index (χ0) is 39.8. The Morgan fingerprint density at radius 1 is 0.702 bits per heavy atom. The third-order valence-corrected chi connectivity index (χ3v) is 11.1. The zero-order valence-electron chi connectivity index (χ0n) is 33.2. The van der Waals surface area contributed by atoms with Crippen LogP contribution in [0.4, 0.5) is 0 Å². The van der Waals surface area contributed by atoms with Gasteiger partial charge in [0.25, 0.3) is 0 Å². The second kappa shape index (κ2) is 17.3. The molecule has 1 N–H and O–H groups in total. The summed E-state index contributed by atoms with van der Waals surface area (Å²) in [5.41, 5.74) is 5.35. The Balaban J connectivity index is 1.23. The number of benzene rings is 5. The molecule has 57 heavy (non-hydrogen) atoms. The first kappa shape index (κ1) is 39.1. The number of unbranched alkanes of at least 4 members (excludes halogenated alkanes) is 1. The summed E-state index contributed by atoms with van der Waals surface area (Å²) in [4.78, 5) is 18.5. The van der Waals surface area contributed by atoms with Gasteiger partial charge in [0.2, 0.25) is 0 Å². The van der Waals surface area contributed by atoms with Crippen molar-refractivity contribution < 1.29 is 14.6 Å². The van der Waals surface area contributed by atoms with Crippen LogP contribution in [0.5, 0.6) is 0 Å². The van der Waals surface area contributed by atoms with Gasteiger partial charge in [0.1, 0.15) is 23.6 Å². The van der Waals surface area contributed by atoms with Crippen LogP contribution in [0.1, 0.15) is 97.6 Å². The van der Waals surface area contributed by atoms with Crippen molar-refractivity contribution in [2.24, 2.45) is 0 Å². The zero-order valence-corrected chi connectivity index (χ0v) is 33.2. The Morgan fingerprint density at radius 3 is 1.77 bits per heavy atom. The van der Waals surface area contributed by atoms with Gasteiger partial charge in [-0.3, -0.25) is 0 Å². The molecule has 0 atom stereocenters. The molecule has 7 aromatic rings. The van der Waals surface area contributed by atoms with Crippen LogP contribution in [-0.4, -0.2) is 40.8 Å². The number of rotatable bonds is 16. The molecule has 9 nitrogen and oxygen atoms in total. The summed E-state index contributed by atoms with van der Waals surface area (Å²) in [7, 11) is 0. The summed E-state index contributed by atoms with van der Waals surface area (Å²) in [6, 6.07) is 47.2. The second-order valence-corrected chi connectivity index (χ2v) is 14.4. The number of esters is 1. The van der Waals surface area contributed by atoms with E-state index in [1.807, 2.05) is 121 Å².